The third-order valence-electron chi connectivity index (χ3n) is 3.43. The van der Waals surface area contributed by atoms with Crippen LogP contribution in [0.4, 0.5) is 0 Å². The summed E-state index contributed by atoms with van der Waals surface area (Å²) < 4.78 is 5.25. The van der Waals surface area contributed by atoms with E-state index in [-0.39, 0.29) is 5.92 Å². The molecule has 2 aromatic rings. The van der Waals surface area contributed by atoms with E-state index in [1.807, 2.05) is 6.07 Å². The number of benzene rings is 1. The van der Waals surface area contributed by atoms with Crippen molar-refractivity contribution in [3.8, 4) is 0 Å². The monoisotopic (exact) mass is 245 g/mol. The van der Waals surface area contributed by atoms with Crippen LogP contribution in [0.25, 0.3) is 0 Å². The van der Waals surface area contributed by atoms with Crippen LogP contribution in [0.3, 0.4) is 0 Å². The highest BCUT2D eigenvalue weighted by molar-refractivity contribution is 5.33. The Balaban J connectivity index is 2.30. The molecule has 1 heterocycles. The quantitative estimate of drug-likeness (QED) is 0.870. The van der Waals surface area contributed by atoms with Crippen LogP contribution in [0.2, 0.25) is 0 Å². The van der Waals surface area contributed by atoms with Gasteiger partial charge in [-0.15, -0.1) is 0 Å². The Labute approximate surface area is 107 Å². The van der Waals surface area contributed by atoms with Crippen molar-refractivity contribution in [2.45, 2.75) is 25.9 Å². The molecular formula is C15H19NO2. The number of aliphatic hydroxyl groups is 1. The second-order valence-electron chi connectivity index (χ2n) is 4.65. The van der Waals surface area contributed by atoms with Crippen molar-refractivity contribution in [1.82, 2.24) is 0 Å². The molecule has 0 radical (unpaired) electrons. The molecule has 3 N–H and O–H groups in total. The van der Waals surface area contributed by atoms with Crippen LogP contribution in [0.15, 0.2) is 41.0 Å². The summed E-state index contributed by atoms with van der Waals surface area (Å²) in [6.07, 6.45) is 0.860. The predicted octanol–water partition coefficient (Wildman–Crippen LogP) is 2.67. The minimum atomic E-state index is -0.702. The van der Waals surface area contributed by atoms with Gasteiger partial charge >= 0.3 is 0 Å². The zero-order valence-electron chi connectivity index (χ0n) is 10.8. The van der Waals surface area contributed by atoms with Gasteiger partial charge in [0.25, 0.3) is 0 Å². The second-order valence-corrected chi connectivity index (χ2v) is 4.65. The molecule has 2 rings (SSSR count). The van der Waals surface area contributed by atoms with Crippen LogP contribution < -0.4 is 5.73 Å². The van der Waals surface area contributed by atoms with Gasteiger partial charge in [0.05, 0.1) is 6.26 Å². The first-order valence-corrected chi connectivity index (χ1v) is 6.12. The Kier molecular flexibility index (Phi) is 3.84. The van der Waals surface area contributed by atoms with E-state index in [9.17, 15) is 5.11 Å². The second kappa shape index (κ2) is 5.38. The smallest absolute Gasteiger partial charge is 0.132 e. The maximum Gasteiger partial charge on any atom is 0.132 e. The maximum absolute atomic E-state index is 10.3. The normalized spacial score (nSPS) is 14.4. The number of aliphatic hydroxyl groups excluding tert-OH is 1. The first kappa shape index (κ1) is 12.9. The average Bonchev–Trinajstić information content (AvgIpc) is 2.88. The average molecular weight is 245 g/mol. The molecule has 2 atom stereocenters. The Morgan fingerprint density at radius 3 is 2.56 bits per heavy atom. The molecule has 0 amide bonds. The van der Waals surface area contributed by atoms with Crippen molar-refractivity contribution < 1.29 is 9.52 Å². The highest BCUT2D eigenvalue weighted by Crippen LogP contribution is 2.31. The topological polar surface area (TPSA) is 59.4 Å². The number of nitrogens with two attached hydrogens (primary N) is 1. The zero-order chi connectivity index (χ0) is 13.1. The zero-order valence-corrected chi connectivity index (χ0v) is 10.8. The van der Waals surface area contributed by atoms with E-state index in [0.29, 0.717) is 12.3 Å². The number of hydrogen-bond acceptors (Lipinski definition) is 3. The van der Waals surface area contributed by atoms with Crippen molar-refractivity contribution in [3.63, 3.8) is 0 Å². The van der Waals surface area contributed by atoms with E-state index < -0.39 is 6.10 Å². The van der Waals surface area contributed by atoms with Crippen LogP contribution in [0, 0.1) is 13.8 Å². The van der Waals surface area contributed by atoms with Crippen LogP contribution >= 0.6 is 0 Å². The molecule has 0 fully saturated rings. The van der Waals surface area contributed by atoms with E-state index >= 15 is 0 Å². The summed E-state index contributed by atoms with van der Waals surface area (Å²) in [6.45, 7) is 4.51. The van der Waals surface area contributed by atoms with E-state index in [1.54, 1.807) is 18.4 Å². The largest absolute Gasteiger partial charge is 0.467 e. The highest BCUT2D eigenvalue weighted by Gasteiger charge is 2.23. The molecular weight excluding hydrogens is 226 g/mol. The van der Waals surface area contributed by atoms with Crippen LogP contribution in [-0.4, -0.2) is 11.7 Å². The first-order chi connectivity index (χ1) is 8.63. The lowest BCUT2D eigenvalue weighted by Gasteiger charge is -2.21. The minimum absolute atomic E-state index is 0.143. The van der Waals surface area contributed by atoms with E-state index in [1.165, 1.54) is 11.1 Å². The van der Waals surface area contributed by atoms with Gasteiger partial charge in [0.2, 0.25) is 0 Å². The van der Waals surface area contributed by atoms with Gasteiger partial charge in [0.1, 0.15) is 11.9 Å². The Bertz CT molecular complexity index is 505. The van der Waals surface area contributed by atoms with Gasteiger partial charge in [-0.1, -0.05) is 18.2 Å². The minimum Gasteiger partial charge on any atom is -0.467 e. The van der Waals surface area contributed by atoms with Gasteiger partial charge in [-0.05, 0) is 42.7 Å². The Morgan fingerprint density at radius 2 is 2.00 bits per heavy atom. The number of hydrogen-bond donors (Lipinski definition) is 2. The molecule has 1 aromatic heterocycles. The molecule has 0 spiro atoms. The van der Waals surface area contributed by atoms with E-state index in [2.05, 4.69) is 26.0 Å². The fourth-order valence-corrected chi connectivity index (χ4v) is 2.10. The van der Waals surface area contributed by atoms with Crippen LogP contribution in [0.5, 0.6) is 0 Å². The Morgan fingerprint density at radius 1 is 1.22 bits per heavy atom. The van der Waals surface area contributed by atoms with Crippen molar-refractivity contribution in [2.75, 3.05) is 6.54 Å². The van der Waals surface area contributed by atoms with Crippen molar-refractivity contribution >= 4 is 0 Å². The van der Waals surface area contributed by atoms with Crippen molar-refractivity contribution in [1.29, 1.82) is 0 Å². The fourth-order valence-electron chi connectivity index (χ4n) is 2.10. The number of aryl methyl sites for hydroxylation is 2. The summed E-state index contributed by atoms with van der Waals surface area (Å²) in [5.74, 6) is 0.416. The molecule has 18 heavy (non-hydrogen) atoms. The molecule has 3 nitrogen and oxygen atoms in total. The lowest BCUT2D eigenvalue weighted by atomic mass is 9.90. The standard InChI is InChI=1S/C15H19NO2/c1-10-5-6-12(8-11(10)2)13(9-16)15(17)14-4-3-7-18-14/h3-8,13,15,17H,9,16H2,1-2H3. The van der Waals surface area contributed by atoms with Gasteiger partial charge in [0.15, 0.2) is 0 Å². The fraction of sp³-hybridized carbons (Fsp3) is 0.333. The SMILES string of the molecule is Cc1ccc(C(CN)C(O)c2ccco2)cc1C. The van der Waals surface area contributed by atoms with Gasteiger partial charge in [-0.25, -0.2) is 0 Å². The van der Waals surface area contributed by atoms with Gasteiger partial charge in [0, 0.05) is 12.5 Å². The third kappa shape index (κ3) is 2.47. The Hall–Kier alpha value is -1.58. The van der Waals surface area contributed by atoms with Gasteiger partial charge in [-0.2, -0.15) is 0 Å². The summed E-state index contributed by atoms with van der Waals surface area (Å²) in [5.41, 5.74) is 9.29. The number of rotatable bonds is 4. The summed E-state index contributed by atoms with van der Waals surface area (Å²) in [6, 6.07) is 9.70. The molecule has 2 unspecified atom stereocenters. The van der Waals surface area contributed by atoms with Crippen LogP contribution in [-0.2, 0) is 0 Å². The summed E-state index contributed by atoms with van der Waals surface area (Å²) in [5, 5.41) is 10.3. The maximum atomic E-state index is 10.3. The van der Waals surface area contributed by atoms with E-state index in [0.717, 1.165) is 5.56 Å². The van der Waals surface area contributed by atoms with Gasteiger partial charge in [-0.3, -0.25) is 0 Å². The summed E-state index contributed by atoms with van der Waals surface area (Å²) >= 11 is 0. The summed E-state index contributed by atoms with van der Waals surface area (Å²) in [7, 11) is 0. The molecule has 0 aliphatic heterocycles. The molecule has 3 heteroatoms. The molecule has 1 aromatic carbocycles. The third-order valence-corrected chi connectivity index (χ3v) is 3.43. The lowest BCUT2D eigenvalue weighted by Crippen LogP contribution is -2.20. The van der Waals surface area contributed by atoms with Crippen molar-refractivity contribution in [2.24, 2.45) is 5.73 Å². The highest BCUT2D eigenvalue weighted by atomic mass is 16.4. The van der Waals surface area contributed by atoms with E-state index in [4.69, 9.17) is 10.2 Å². The lowest BCUT2D eigenvalue weighted by molar-refractivity contribution is 0.122. The molecule has 0 saturated heterocycles. The first-order valence-electron chi connectivity index (χ1n) is 6.12. The molecule has 0 bridgehead atoms. The molecule has 0 aliphatic carbocycles. The van der Waals surface area contributed by atoms with Crippen LogP contribution in [0.1, 0.15) is 34.5 Å². The molecule has 0 aliphatic rings. The van der Waals surface area contributed by atoms with Crippen molar-refractivity contribution in [3.05, 3.63) is 59.0 Å². The van der Waals surface area contributed by atoms with Gasteiger partial charge < -0.3 is 15.3 Å². The number of furan rings is 1. The molecule has 0 saturated carbocycles. The summed E-state index contributed by atoms with van der Waals surface area (Å²) in [4.78, 5) is 0. The molecule has 96 valence electrons. The predicted molar refractivity (Wildman–Crippen MR) is 71.4 cm³/mol.